The Morgan fingerprint density at radius 1 is 1.18 bits per heavy atom. The van der Waals surface area contributed by atoms with Gasteiger partial charge < -0.3 is 0 Å². The van der Waals surface area contributed by atoms with Crippen LogP contribution in [0.3, 0.4) is 0 Å². The van der Waals surface area contributed by atoms with E-state index in [0.717, 1.165) is 19.3 Å². The van der Waals surface area contributed by atoms with Gasteiger partial charge in [-0.2, -0.15) is 8.42 Å². The summed E-state index contributed by atoms with van der Waals surface area (Å²) >= 11 is 3.08. The van der Waals surface area contributed by atoms with Crippen LogP contribution >= 0.6 is 15.9 Å². The van der Waals surface area contributed by atoms with Crippen molar-refractivity contribution in [2.75, 3.05) is 0 Å². The van der Waals surface area contributed by atoms with Gasteiger partial charge in [0.1, 0.15) is 0 Å². The largest absolute Gasteiger partial charge is 0.284 e. The average molecular weight is 243 g/mol. The molecule has 0 aromatic rings. The van der Waals surface area contributed by atoms with Crippen LogP contribution in [0, 0.1) is 0 Å². The third-order valence-electron chi connectivity index (χ3n) is 2.06. The monoisotopic (exact) mass is 242 g/mol. The van der Waals surface area contributed by atoms with Crippen LogP contribution < -0.4 is 0 Å². The first-order valence-electron chi connectivity index (χ1n) is 3.62. The summed E-state index contributed by atoms with van der Waals surface area (Å²) in [5.41, 5.74) is 0. The van der Waals surface area contributed by atoms with E-state index in [1.54, 1.807) is 0 Å². The third kappa shape index (κ3) is 1.95. The molecular weight excluding hydrogens is 232 g/mol. The predicted octanol–water partition coefficient (Wildman–Crippen LogP) is 1.93. The molecule has 1 aliphatic carbocycles. The molecule has 0 atom stereocenters. The Kier molecular flexibility index (Phi) is 2.61. The molecule has 0 radical (unpaired) electrons. The molecule has 1 aliphatic rings. The second kappa shape index (κ2) is 3.03. The van der Waals surface area contributed by atoms with Gasteiger partial charge in [-0.15, -0.1) is 0 Å². The lowest BCUT2D eigenvalue weighted by Gasteiger charge is -2.27. The van der Waals surface area contributed by atoms with E-state index in [1.807, 2.05) is 0 Å². The highest BCUT2D eigenvalue weighted by Gasteiger charge is 2.40. The van der Waals surface area contributed by atoms with Crippen molar-refractivity contribution in [3.8, 4) is 0 Å². The van der Waals surface area contributed by atoms with Gasteiger partial charge in [-0.3, -0.25) is 4.55 Å². The number of hydrogen-bond donors (Lipinski definition) is 1. The summed E-state index contributed by atoms with van der Waals surface area (Å²) in [6.07, 6.45) is 3.83. The van der Waals surface area contributed by atoms with Gasteiger partial charge in [0.25, 0.3) is 10.1 Å². The highest BCUT2D eigenvalue weighted by Crippen LogP contribution is 2.39. The van der Waals surface area contributed by atoms with E-state index in [-0.39, 0.29) is 0 Å². The average Bonchev–Trinajstić information content (AvgIpc) is 1.87. The van der Waals surface area contributed by atoms with Gasteiger partial charge >= 0.3 is 0 Å². The standard InChI is InChI=1S/C6H11BrO3S/c7-6(11(8,9)10)4-2-1-3-5-6/h1-5H2,(H,8,9,10). The van der Waals surface area contributed by atoms with Crippen LogP contribution in [0.1, 0.15) is 32.1 Å². The summed E-state index contributed by atoms with van der Waals surface area (Å²) in [5, 5.41) is 0. The van der Waals surface area contributed by atoms with E-state index in [9.17, 15) is 8.42 Å². The SMILES string of the molecule is O=S(=O)(O)C1(Br)CCCCC1. The van der Waals surface area contributed by atoms with Gasteiger partial charge in [0.05, 0.1) is 0 Å². The summed E-state index contributed by atoms with van der Waals surface area (Å²) in [5.74, 6) is 0. The van der Waals surface area contributed by atoms with Crippen molar-refractivity contribution in [1.29, 1.82) is 0 Å². The molecule has 1 saturated carbocycles. The maximum atomic E-state index is 10.8. The number of halogens is 1. The Morgan fingerprint density at radius 2 is 1.64 bits per heavy atom. The van der Waals surface area contributed by atoms with Gasteiger partial charge in [0, 0.05) is 0 Å². The van der Waals surface area contributed by atoms with E-state index < -0.39 is 13.8 Å². The normalized spacial score (nSPS) is 24.9. The molecule has 1 fully saturated rings. The number of hydrogen-bond acceptors (Lipinski definition) is 2. The highest BCUT2D eigenvalue weighted by molar-refractivity contribution is 9.11. The summed E-state index contributed by atoms with van der Waals surface area (Å²) in [4.78, 5) is 0. The van der Waals surface area contributed by atoms with Gasteiger partial charge in [-0.1, -0.05) is 35.2 Å². The first-order chi connectivity index (χ1) is 4.96. The van der Waals surface area contributed by atoms with Crippen molar-refractivity contribution in [2.24, 2.45) is 0 Å². The molecule has 0 unspecified atom stereocenters. The summed E-state index contributed by atoms with van der Waals surface area (Å²) in [6, 6.07) is 0. The fourth-order valence-corrected chi connectivity index (χ4v) is 2.70. The molecule has 0 heterocycles. The lowest BCUT2D eigenvalue weighted by molar-refractivity contribution is 0.412. The van der Waals surface area contributed by atoms with Crippen LogP contribution in [0.4, 0.5) is 0 Å². The van der Waals surface area contributed by atoms with Gasteiger partial charge in [-0.05, 0) is 12.8 Å². The maximum absolute atomic E-state index is 10.8. The summed E-state index contributed by atoms with van der Waals surface area (Å²) in [7, 11) is -3.91. The van der Waals surface area contributed by atoms with Crippen molar-refractivity contribution >= 4 is 26.0 Å². The van der Waals surface area contributed by atoms with E-state index in [0.29, 0.717) is 12.8 Å². The van der Waals surface area contributed by atoms with Crippen LogP contribution in [-0.2, 0) is 10.1 Å². The molecule has 11 heavy (non-hydrogen) atoms. The predicted molar refractivity (Wildman–Crippen MR) is 46.3 cm³/mol. The van der Waals surface area contributed by atoms with Crippen molar-refractivity contribution in [3.63, 3.8) is 0 Å². The molecule has 5 heteroatoms. The Labute approximate surface area is 75.1 Å². The minimum Gasteiger partial charge on any atom is -0.284 e. The van der Waals surface area contributed by atoms with Crippen LogP contribution in [-0.4, -0.2) is 16.6 Å². The number of rotatable bonds is 1. The molecule has 3 nitrogen and oxygen atoms in total. The van der Waals surface area contributed by atoms with Crippen molar-refractivity contribution < 1.29 is 13.0 Å². The molecule has 0 bridgehead atoms. The molecule has 1 N–H and O–H groups in total. The zero-order valence-corrected chi connectivity index (χ0v) is 8.49. The molecule has 0 aromatic heterocycles. The first kappa shape index (κ1) is 9.48. The fraction of sp³-hybridized carbons (Fsp3) is 1.00. The molecule has 0 saturated heterocycles. The molecular formula is C6H11BrO3S. The Bertz CT molecular complexity index is 228. The van der Waals surface area contributed by atoms with Crippen LogP contribution in [0.25, 0.3) is 0 Å². The second-order valence-corrected chi connectivity index (χ2v) is 6.69. The minimum absolute atomic E-state index is 0.520. The summed E-state index contributed by atoms with van der Waals surface area (Å²) in [6.45, 7) is 0. The molecule has 0 spiro atoms. The molecule has 0 amide bonds. The zero-order chi connectivity index (χ0) is 8.54. The second-order valence-electron chi connectivity index (χ2n) is 2.92. The van der Waals surface area contributed by atoms with Crippen LogP contribution in [0.15, 0.2) is 0 Å². The highest BCUT2D eigenvalue weighted by atomic mass is 79.9. The van der Waals surface area contributed by atoms with E-state index in [4.69, 9.17) is 4.55 Å². The lowest BCUT2D eigenvalue weighted by Crippen LogP contribution is -2.33. The van der Waals surface area contributed by atoms with Crippen molar-refractivity contribution in [2.45, 2.75) is 35.8 Å². The van der Waals surface area contributed by atoms with Gasteiger partial charge in [0.15, 0.2) is 3.66 Å². The smallest absolute Gasteiger partial charge is 0.280 e. The molecule has 0 aliphatic heterocycles. The maximum Gasteiger partial charge on any atom is 0.280 e. The van der Waals surface area contributed by atoms with Gasteiger partial charge in [0.2, 0.25) is 0 Å². The summed E-state index contributed by atoms with van der Waals surface area (Å²) < 4.78 is 29.4. The third-order valence-corrected chi connectivity index (χ3v) is 5.42. The fourth-order valence-electron chi connectivity index (χ4n) is 1.34. The van der Waals surface area contributed by atoms with E-state index in [2.05, 4.69) is 15.9 Å². The molecule has 1 rings (SSSR count). The Hall–Kier alpha value is 0.390. The van der Waals surface area contributed by atoms with Crippen LogP contribution in [0.2, 0.25) is 0 Å². The van der Waals surface area contributed by atoms with Crippen LogP contribution in [0.5, 0.6) is 0 Å². The Balaban J connectivity index is 2.81. The lowest BCUT2D eigenvalue weighted by atomic mass is 10.0. The van der Waals surface area contributed by atoms with Crippen molar-refractivity contribution in [1.82, 2.24) is 0 Å². The van der Waals surface area contributed by atoms with E-state index in [1.165, 1.54) is 0 Å². The first-order valence-corrected chi connectivity index (χ1v) is 5.85. The minimum atomic E-state index is -3.91. The topological polar surface area (TPSA) is 54.4 Å². The quantitative estimate of drug-likeness (QED) is 0.565. The molecule has 0 aromatic carbocycles. The van der Waals surface area contributed by atoms with Crippen molar-refractivity contribution in [3.05, 3.63) is 0 Å². The Morgan fingerprint density at radius 3 is 1.91 bits per heavy atom. The number of alkyl halides is 1. The molecule has 66 valence electrons. The van der Waals surface area contributed by atoms with Gasteiger partial charge in [-0.25, -0.2) is 0 Å². The van der Waals surface area contributed by atoms with E-state index >= 15 is 0 Å². The zero-order valence-electron chi connectivity index (χ0n) is 6.09.